The summed E-state index contributed by atoms with van der Waals surface area (Å²) in [5.41, 5.74) is 2.76. The van der Waals surface area contributed by atoms with Crippen molar-refractivity contribution < 1.29 is 19.5 Å². The van der Waals surface area contributed by atoms with E-state index in [0.29, 0.717) is 0 Å². The molecule has 142 valence electrons. The van der Waals surface area contributed by atoms with Crippen LogP contribution in [0.2, 0.25) is 0 Å². The normalized spacial score (nSPS) is 12.7. The zero-order valence-corrected chi connectivity index (χ0v) is 15.4. The highest BCUT2D eigenvalue weighted by Crippen LogP contribution is 2.08. The average Bonchev–Trinajstić information content (AvgIpc) is 2.62. The number of carbonyl (C=O) groups excluding carboxylic acids is 2. The third-order valence-corrected chi connectivity index (χ3v) is 4.15. The van der Waals surface area contributed by atoms with Crippen molar-refractivity contribution in [3.05, 3.63) is 71.3 Å². The minimum absolute atomic E-state index is 0.166. The number of hydrogen-bond acceptors (Lipinski definition) is 3. The first-order chi connectivity index (χ1) is 12.8. The van der Waals surface area contributed by atoms with E-state index in [1.54, 1.807) is 0 Å². The second-order valence-electron chi connectivity index (χ2n) is 6.53. The predicted molar refractivity (Wildman–Crippen MR) is 102 cm³/mol. The number of aryl methyl sites for hydroxylation is 1. The molecule has 0 aliphatic heterocycles. The summed E-state index contributed by atoms with van der Waals surface area (Å²) < 4.78 is 0. The molecule has 0 saturated carbocycles. The van der Waals surface area contributed by atoms with Gasteiger partial charge in [-0.15, -0.1) is 0 Å². The molecule has 0 saturated heterocycles. The van der Waals surface area contributed by atoms with Gasteiger partial charge in [0, 0.05) is 19.8 Å². The molecule has 6 heteroatoms. The van der Waals surface area contributed by atoms with Gasteiger partial charge in [0.05, 0.1) is 0 Å². The minimum atomic E-state index is -1.12. The van der Waals surface area contributed by atoms with Gasteiger partial charge in [-0.1, -0.05) is 60.2 Å². The van der Waals surface area contributed by atoms with Crippen molar-refractivity contribution in [1.82, 2.24) is 10.6 Å². The highest BCUT2D eigenvalue weighted by atomic mass is 16.4. The van der Waals surface area contributed by atoms with Crippen LogP contribution >= 0.6 is 0 Å². The van der Waals surface area contributed by atoms with E-state index in [2.05, 4.69) is 10.6 Å². The van der Waals surface area contributed by atoms with Crippen LogP contribution in [0.4, 0.5) is 0 Å². The zero-order valence-electron chi connectivity index (χ0n) is 15.4. The fraction of sp³-hybridized carbons (Fsp3) is 0.286. The Labute approximate surface area is 158 Å². The Morgan fingerprint density at radius 3 is 1.96 bits per heavy atom. The maximum Gasteiger partial charge on any atom is 0.326 e. The smallest absolute Gasteiger partial charge is 0.326 e. The van der Waals surface area contributed by atoms with Crippen molar-refractivity contribution in [3.8, 4) is 0 Å². The van der Waals surface area contributed by atoms with Crippen molar-refractivity contribution >= 4 is 17.8 Å². The summed E-state index contributed by atoms with van der Waals surface area (Å²) in [5, 5.41) is 14.6. The number of carboxylic acids is 1. The van der Waals surface area contributed by atoms with E-state index in [1.165, 1.54) is 6.92 Å². The first kappa shape index (κ1) is 20.2. The highest BCUT2D eigenvalue weighted by Gasteiger charge is 2.26. The number of benzene rings is 2. The average molecular weight is 368 g/mol. The fourth-order valence-corrected chi connectivity index (χ4v) is 2.74. The summed E-state index contributed by atoms with van der Waals surface area (Å²) in [5.74, 6) is -1.99. The first-order valence-electron chi connectivity index (χ1n) is 8.75. The van der Waals surface area contributed by atoms with Crippen LogP contribution in [-0.4, -0.2) is 35.0 Å². The molecule has 27 heavy (non-hydrogen) atoms. The van der Waals surface area contributed by atoms with Gasteiger partial charge in [-0.2, -0.15) is 0 Å². The molecular weight excluding hydrogens is 344 g/mol. The molecule has 0 aliphatic carbocycles. The fourth-order valence-electron chi connectivity index (χ4n) is 2.74. The summed E-state index contributed by atoms with van der Waals surface area (Å²) in [4.78, 5) is 35.7. The lowest BCUT2D eigenvalue weighted by Crippen LogP contribution is -2.52. The Morgan fingerprint density at radius 1 is 0.852 bits per heavy atom. The van der Waals surface area contributed by atoms with Crippen molar-refractivity contribution in [2.45, 2.75) is 38.8 Å². The van der Waals surface area contributed by atoms with E-state index in [4.69, 9.17) is 0 Å². The van der Waals surface area contributed by atoms with Crippen LogP contribution in [0.5, 0.6) is 0 Å². The van der Waals surface area contributed by atoms with E-state index in [1.807, 2.05) is 61.5 Å². The minimum Gasteiger partial charge on any atom is -0.480 e. The van der Waals surface area contributed by atoms with Crippen molar-refractivity contribution in [1.29, 1.82) is 0 Å². The molecule has 2 aromatic carbocycles. The molecular formula is C21H24N2O4. The lowest BCUT2D eigenvalue weighted by molar-refractivity contribution is -0.142. The van der Waals surface area contributed by atoms with Gasteiger partial charge in [0.15, 0.2) is 0 Å². The van der Waals surface area contributed by atoms with Crippen LogP contribution < -0.4 is 10.6 Å². The van der Waals surface area contributed by atoms with E-state index in [9.17, 15) is 19.5 Å². The third-order valence-electron chi connectivity index (χ3n) is 4.15. The topological polar surface area (TPSA) is 95.5 Å². The van der Waals surface area contributed by atoms with Gasteiger partial charge in [-0.25, -0.2) is 4.79 Å². The van der Waals surface area contributed by atoms with Gasteiger partial charge in [0.1, 0.15) is 12.1 Å². The van der Waals surface area contributed by atoms with E-state index in [0.717, 1.165) is 16.7 Å². The van der Waals surface area contributed by atoms with Gasteiger partial charge in [0.25, 0.3) is 0 Å². The molecule has 0 radical (unpaired) electrons. The number of rotatable bonds is 8. The molecule has 0 bridgehead atoms. The maximum atomic E-state index is 12.7. The Balaban J connectivity index is 2.10. The number of hydrogen-bond donors (Lipinski definition) is 3. The Bertz CT molecular complexity index is 788. The quantitative estimate of drug-likeness (QED) is 0.663. The van der Waals surface area contributed by atoms with Crippen LogP contribution in [-0.2, 0) is 27.2 Å². The third kappa shape index (κ3) is 6.58. The molecule has 2 rings (SSSR count). The summed E-state index contributed by atoms with van der Waals surface area (Å²) in [6.07, 6.45) is 0.447. The Hall–Kier alpha value is -3.15. The second-order valence-corrected chi connectivity index (χ2v) is 6.53. The maximum absolute atomic E-state index is 12.7. The molecule has 0 heterocycles. The highest BCUT2D eigenvalue weighted by molar-refractivity contribution is 5.90. The Kier molecular flexibility index (Phi) is 7.11. The van der Waals surface area contributed by atoms with Crippen LogP contribution in [0.15, 0.2) is 54.6 Å². The van der Waals surface area contributed by atoms with Crippen LogP contribution in [0.1, 0.15) is 23.6 Å². The number of aliphatic carboxylic acids is 1. The molecule has 2 atom stereocenters. The number of carbonyl (C=O) groups is 3. The van der Waals surface area contributed by atoms with Gasteiger partial charge in [-0.05, 0) is 18.1 Å². The molecule has 0 aromatic heterocycles. The number of nitrogens with one attached hydrogen (secondary N) is 2. The lowest BCUT2D eigenvalue weighted by atomic mass is 10.0. The van der Waals surface area contributed by atoms with Gasteiger partial charge in [0.2, 0.25) is 11.8 Å². The molecule has 0 spiro atoms. The SMILES string of the molecule is CC(=O)N[C@H](Cc1ccccc1)C(=O)N[C@H](Cc1ccc(C)cc1)C(=O)O. The lowest BCUT2D eigenvalue weighted by Gasteiger charge is -2.21. The van der Waals surface area contributed by atoms with Crippen molar-refractivity contribution in [3.63, 3.8) is 0 Å². The zero-order chi connectivity index (χ0) is 19.8. The first-order valence-corrected chi connectivity index (χ1v) is 8.75. The standard InChI is InChI=1S/C21H24N2O4/c1-14-8-10-17(11-9-14)13-19(21(26)27)23-20(25)18(22-15(2)24)12-16-6-4-3-5-7-16/h3-11,18-19H,12-13H2,1-2H3,(H,22,24)(H,23,25)(H,26,27)/t18-,19-/m1/s1. The van der Waals surface area contributed by atoms with E-state index < -0.39 is 24.0 Å². The van der Waals surface area contributed by atoms with E-state index >= 15 is 0 Å². The number of amides is 2. The molecule has 0 fully saturated rings. The van der Waals surface area contributed by atoms with Gasteiger partial charge in [-0.3, -0.25) is 9.59 Å². The molecule has 3 N–H and O–H groups in total. The van der Waals surface area contributed by atoms with Crippen LogP contribution in [0.25, 0.3) is 0 Å². The van der Waals surface area contributed by atoms with Crippen LogP contribution in [0, 0.1) is 6.92 Å². The largest absolute Gasteiger partial charge is 0.480 e. The molecule has 0 unspecified atom stereocenters. The number of carboxylic acid groups (broad SMARTS) is 1. The van der Waals surface area contributed by atoms with Crippen LogP contribution in [0.3, 0.4) is 0 Å². The molecule has 6 nitrogen and oxygen atoms in total. The molecule has 2 aromatic rings. The molecule has 2 amide bonds. The summed E-state index contributed by atoms with van der Waals surface area (Å²) in [7, 11) is 0. The second kappa shape index (κ2) is 9.52. The van der Waals surface area contributed by atoms with Gasteiger partial charge >= 0.3 is 5.97 Å². The summed E-state index contributed by atoms with van der Waals surface area (Å²) >= 11 is 0. The summed E-state index contributed by atoms with van der Waals surface area (Å²) in [6.45, 7) is 3.27. The monoisotopic (exact) mass is 368 g/mol. The predicted octanol–water partition coefficient (Wildman–Crippen LogP) is 1.85. The van der Waals surface area contributed by atoms with Crippen molar-refractivity contribution in [2.24, 2.45) is 0 Å². The Morgan fingerprint density at radius 2 is 1.41 bits per heavy atom. The van der Waals surface area contributed by atoms with Crippen molar-refractivity contribution in [2.75, 3.05) is 0 Å². The summed E-state index contributed by atoms with van der Waals surface area (Å²) in [6, 6.07) is 14.8. The van der Waals surface area contributed by atoms with Gasteiger partial charge < -0.3 is 15.7 Å². The van der Waals surface area contributed by atoms with E-state index in [-0.39, 0.29) is 18.7 Å². The molecule has 0 aliphatic rings.